The SMILES string of the molecule is CCc1cc(Cl)cc(CC)c1NC(=O)CN1C[C@H](c2cc(OC)c3c(c2)OCO3)C(C(=O)O)[C@@H]1c1ccc(OC)cc1F. The average Bonchev–Trinajstić information content (AvgIpc) is 3.62. The fourth-order valence-corrected chi connectivity index (χ4v) is 6.41. The van der Waals surface area contributed by atoms with E-state index in [-0.39, 0.29) is 31.4 Å². The Balaban J connectivity index is 1.55. The molecule has 2 N–H and O–H groups in total. The minimum atomic E-state index is -1.12. The molecule has 3 aromatic carbocycles. The maximum Gasteiger partial charge on any atom is 0.309 e. The van der Waals surface area contributed by atoms with E-state index in [0.717, 1.165) is 11.1 Å². The van der Waals surface area contributed by atoms with Gasteiger partial charge in [-0.25, -0.2) is 4.39 Å². The number of hydrogen-bond acceptors (Lipinski definition) is 7. The molecule has 43 heavy (non-hydrogen) atoms. The summed E-state index contributed by atoms with van der Waals surface area (Å²) in [5.41, 5.74) is 3.26. The molecule has 228 valence electrons. The number of carbonyl (C=O) groups excluding carboxylic acids is 1. The maximum atomic E-state index is 15.6. The van der Waals surface area contributed by atoms with Gasteiger partial charge in [-0.15, -0.1) is 0 Å². The minimum Gasteiger partial charge on any atom is -0.497 e. The van der Waals surface area contributed by atoms with Crippen LogP contribution in [0.2, 0.25) is 5.02 Å². The van der Waals surface area contributed by atoms with E-state index in [2.05, 4.69) is 5.32 Å². The van der Waals surface area contributed by atoms with Crippen LogP contribution < -0.4 is 24.3 Å². The first-order chi connectivity index (χ1) is 20.7. The highest BCUT2D eigenvalue weighted by molar-refractivity contribution is 6.30. The molecule has 2 heterocycles. The molecule has 1 fully saturated rings. The Morgan fingerprint density at radius 1 is 1.07 bits per heavy atom. The molecule has 0 bridgehead atoms. The van der Waals surface area contributed by atoms with Gasteiger partial charge < -0.3 is 29.4 Å². The molecule has 5 rings (SSSR count). The predicted molar refractivity (Wildman–Crippen MR) is 159 cm³/mol. The molecule has 2 aliphatic heterocycles. The fraction of sp³-hybridized carbons (Fsp3) is 0.375. The maximum absolute atomic E-state index is 15.6. The van der Waals surface area contributed by atoms with Gasteiger partial charge in [-0.05, 0) is 59.9 Å². The molecule has 2 aliphatic rings. The van der Waals surface area contributed by atoms with Gasteiger partial charge in [0.15, 0.2) is 11.5 Å². The Hall–Kier alpha value is -4.02. The number of aliphatic carboxylic acids is 1. The molecule has 0 saturated carbocycles. The van der Waals surface area contributed by atoms with E-state index in [1.54, 1.807) is 23.1 Å². The second-order valence-electron chi connectivity index (χ2n) is 10.5. The molecule has 1 unspecified atom stereocenters. The molecule has 3 aromatic rings. The lowest BCUT2D eigenvalue weighted by Gasteiger charge is -2.27. The number of likely N-dealkylation sites (tertiary alicyclic amines) is 1. The van der Waals surface area contributed by atoms with Crippen LogP contribution in [0.15, 0.2) is 42.5 Å². The number of halogens is 2. The van der Waals surface area contributed by atoms with Crippen molar-refractivity contribution in [2.75, 3.05) is 39.4 Å². The number of nitrogens with zero attached hydrogens (tertiary/aromatic N) is 1. The third kappa shape index (κ3) is 5.94. The zero-order chi connectivity index (χ0) is 30.8. The number of fused-ring (bicyclic) bond motifs is 1. The number of ether oxygens (including phenoxy) is 4. The summed E-state index contributed by atoms with van der Waals surface area (Å²) in [7, 11) is 2.91. The number of amides is 1. The van der Waals surface area contributed by atoms with E-state index in [1.807, 2.05) is 26.0 Å². The van der Waals surface area contributed by atoms with Crippen molar-refractivity contribution in [3.05, 3.63) is 75.6 Å². The van der Waals surface area contributed by atoms with Crippen molar-refractivity contribution in [3.8, 4) is 23.0 Å². The Morgan fingerprint density at radius 2 is 1.79 bits per heavy atom. The van der Waals surface area contributed by atoms with Crippen LogP contribution in [0, 0.1) is 11.7 Å². The lowest BCUT2D eigenvalue weighted by molar-refractivity contribution is -0.143. The summed E-state index contributed by atoms with van der Waals surface area (Å²) in [6, 6.07) is 10.5. The van der Waals surface area contributed by atoms with Crippen molar-refractivity contribution >= 4 is 29.2 Å². The number of anilines is 1. The number of carboxylic acids is 1. The molecule has 1 saturated heterocycles. The first-order valence-electron chi connectivity index (χ1n) is 14.1. The zero-order valence-corrected chi connectivity index (χ0v) is 25.2. The number of benzene rings is 3. The number of hydrogen-bond donors (Lipinski definition) is 2. The summed E-state index contributed by atoms with van der Waals surface area (Å²) >= 11 is 6.31. The molecule has 0 aliphatic carbocycles. The molecular weight excluding hydrogens is 579 g/mol. The van der Waals surface area contributed by atoms with E-state index in [9.17, 15) is 14.7 Å². The topological polar surface area (TPSA) is 107 Å². The van der Waals surface area contributed by atoms with Gasteiger partial charge in [0.1, 0.15) is 11.6 Å². The fourth-order valence-electron chi connectivity index (χ4n) is 6.15. The highest BCUT2D eigenvalue weighted by Crippen LogP contribution is 2.50. The quantitative estimate of drug-likeness (QED) is 0.295. The van der Waals surface area contributed by atoms with Crippen LogP contribution in [0.25, 0.3) is 0 Å². The van der Waals surface area contributed by atoms with Gasteiger partial charge in [-0.1, -0.05) is 31.5 Å². The van der Waals surface area contributed by atoms with Crippen molar-refractivity contribution < 1.29 is 38.0 Å². The highest BCUT2D eigenvalue weighted by atomic mass is 35.5. The van der Waals surface area contributed by atoms with E-state index < -0.39 is 29.7 Å². The predicted octanol–water partition coefficient (Wildman–Crippen LogP) is 5.83. The smallest absolute Gasteiger partial charge is 0.309 e. The van der Waals surface area contributed by atoms with Gasteiger partial charge in [0, 0.05) is 34.8 Å². The number of carboxylic acid groups (broad SMARTS) is 1. The Bertz CT molecular complexity index is 1520. The van der Waals surface area contributed by atoms with Crippen LogP contribution in [0.3, 0.4) is 0 Å². The molecule has 1 amide bonds. The van der Waals surface area contributed by atoms with E-state index >= 15 is 4.39 Å². The molecule has 0 spiro atoms. The van der Waals surface area contributed by atoms with Crippen LogP contribution in [0.4, 0.5) is 10.1 Å². The standard InChI is InChI=1S/C32H34ClFN2O7/c1-5-17-9-20(33)10-18(6-2)29(17)35-27(37)15-36-14-23(19-11-25(41-4)31-26(12-19)42-16-43-31)28(32(38)39)30(36)22-8-7-21(40-3)13-24(22)34/h7-13,23,28,30H,5-6,14-16H2,1-4H3,(H,35,37)(H,38,39)/t23-,28?,30+/m1/s1. The monoisotopic (exact) mass is 612 g/mol. The summed E-state index contributed by atoms with van der Waals surface area (Å²) in [5, 5.41) is 14.2. The van der Waals surface area contributed by atoms with Gasteiger partial charge >= 0.3 is 5.97 Å². The molecule has 3 atom stereocenters. The minimum absolute atomic E-state index is 0.0122. The highest BCUT2D eigenvalue weighted by Gasteiger charge is 2.49. The third-order valence-corrected chi connectivity index (χ3v) is 8.38. The van der Waals surface area contributed by atoms with Crippen molar-refractivity contribution in [1.82, 2.24) is 4.90 Å². The first-order valence-corrected chi connectivity index (χ1v) is 14.5. The van der Waals surface area contributed by atoms with Crippen LogP contribution in [-0.2, 0) is 22.4 Å². The van der Waals surface area contributed by atoms with E-state index in [1.165, 1.54) is 26.4 Å². The molecule has 0 aromatic heterocycles. The molecular formula is C32H34ClFN2O7. The number of rotatable bonds is 10. The van der Waals surface area contributed by atoms with Crippen LogP contribution >= 0.6 is 11.6 Å². The normalized spacial score (nSPS) is 19.3. The average molecular weight is 613 g/mol. The first kappa shape index (κ1) is 30.4. The third-order valence-electron chi connectivity index (χ3n) is 8.16. The number of nitrogens with one attached hydrogen (secondary N) is 1. The van der Waals surface area contributed by atoms with Crippen molar-refractivity contribution in [1.29, 1.82) is 0 Å². The lowest BCUT2D eigenvalue weighted by atomic mass is 9.82. The molecule has 11 heteroatoms. The number of carbonyl (C=O) groups is 2. The van der Waals surface area contributed by atoms with Gasteiger partial charge in [0.25, 0.3) is 0 Å². The molecule has 0 radical (unpaired) electrons. The van der Waals surface area contributed by atoms with Crippen molar-refractivity contribution in [2.24, 2.45) is 5.92 Å². The Kier molecular flexibility index (Phi) is 8.98. The summed E-state index contributed by atoms with van der Waals surface area (Å²) < 4.78 is 37.4. The molecule has 9 nitrogen and oxygen atoms in total. The van der Waals surface area contributed by atoms with Gasteiger partial charge in [-0.3, -0.25) is 14.5 Å². The van der Waals surface area contributed by atoms with Crippen LogP contribution in [0.1, 0.15) is 48.1 Å². The summed E-state index contributed by atoms with van der Waals surface area (Å²) in [6.45, 7) is 3.95. The van der Waals surface area contributed by atoms with Gasteiger partial charge in [-0.2, -0.15) is 0 Å². The summed E-state index contributed by atoms with van der Waals surface area (Å²) in [5.74, 6) is -2.25. The summed E-state index contributed by atoms with van der Waals surface area (Å²) in [6.07, 6.45) is 1.31. The van der Waals surface area contributed by atoms with E-state index in [4.69, 9.17) is 30.5 Å². The zero-order valence-electron chi connectivity index (χ0n) is 24.4. The second-order valence-corrected chi connectivity index (χ2v) is 11.0. The van der Waals surface area contributed by atoms with Gasteiger partial charge in [0.05, 0.1) is 32.7 Å². The second kappa shape index (κ2) is 12.7. The van der Waals surface area contributed by atoms with Crippen molar-refractivity contribution in [3.63, 3.8) is 0 Å². The van der Waals surface area contributed by atoms with Gasteiger partial charge in [0.2, 0.25) is 18.4 Å². The number of aryl methyl sites for hydroxylation is 2. The Labute approximate surface area is 254 Å². The Morgan fingerprint density at radius 3 is 2.40 bits per heavy atom. The van der Waals surface area contributed by atoms with Crippen LogP contribution in [-0.4, -0.2) is 56.0 Å². The largest absolute Gasteiger partial charge is 0.497 e. The van der Waals surface area contributed by atoms with Crippen molar-refractivity contribution in [2.45, 2.75) is 38.6 Å². The van der Waals surface area contributed by atoms with E-state index in [0.29, 0.717) is 52.1 Å². The van der Waals surface area contributed by atoms with Crippen LogP contribution in [0.5, 0.6) is 23.0 Å². The summed E-state index contributed by atoms with van der Waals surface area (Å²) in [4.78, 5) is 28.3. The number of methoxy groups -OCH3 is 2. The lowest BCUT2D eigenvalue weighted by Crippen LogP contribution is -2.35.